The van der Waals surface area contributed by atoms with Crippen LogP contribution in [-0.4, -0.2) is 54.0 Å². The van der Waals surface area contributed by atoms with Crippen molar-refractivity contribution < 1.29 is 9.59 Å². The molecule has 3 amide bonds. The zero-order valence-corrected chi connectivity index (χ0v) is 13.3. The van der Waals surface area contributed by atoms with Crippen LogP contribution in [0, 0.1) is 13.8 Å². The minimum Gasteiger partial charge on any atom is -0.337 e. The number of rotatable bonds is 2. The lowest BCUT2D eigenvalue weighted by Gasteiger charge is -2.37. The summed E-state index contributed by atoms with van der Waals surface area (Å²) < 4.78 is 0. The Kier molecular flexibility index (Phi) is 3.89. The molecule has 1 N–H and O–H groups in total. The highest BCUT2D eigenvalue weighted by Crippen LogP contribution is 2.25. The van der Waals surface area contributed by atoms with Crippen LogP contribution in [0.25, 0.3) is 0 Å². The van der Waals surface area contributed by atoms with E-state index >= 15 is 0 Å². The van der Waals surface area contributed by atoms with Gasteiger partial charge in [-0.15, -0.1) is 11.3 Å². The topological polar surface area (TPSA) is 52.7 Å². The van der Waals surface area contributed by atoms with Crippen molar-refractivity contribution in [2.24, 2.45) is 0 Å². The molecule has 0 radical (unpaired) electrons. The minimum absolute atomic E-state index is 0.0110. The number of thiophene rings is 1. The maximum atomic E-state index is 12.7. The molecule has 3 heterocycles. The molecule has 0 aliphatic carbocycles. The molecule has 3 rings (SSSR count). The summed E-state index contributed by atoms with van der Waals surface area (Å²) in [4.78, 5) is 30.5. The Bertz CT molecular complexity index is 569. The van der Waals surface area contributed by atoms with Crippen LogP contribution >= 0.6 is 11.3 Å². The summed E-state index contributed by atoms with van der Waals surface area (Å²) in [5, 5.41) is 2.84. The Hall–Kier alpha value is -1.56. The van der Waals surface area contributed by atoms with Gasteiger partial charge in [-0.3, -0.25) is 4.79 Å². The van der Waals surface area contributed by atoms with Crippen molar-refractivity contribution in [1.82, 2.24) is 15.1 Å². The Balaban J connectivity index is 1.72. The first-order valence-corrected chi connectivity index (χ1v) is 8.28. The zero-order chi connectivity index (χ0) is 15.0. The monoisotopic (exact) mass is 307 g/mol. The normalized spacial score (nSPS) is 22.6. The van der Waals surface area contributed by atoms with Gasteiger partial charge < -0.3 is 15.1 Å². The van der Waals surface area contributed by atoms with Crippen LogP contribution in [0.2, 0.25) is 0 Å². The van der Waals surface area contributed by atoms with Gasteiger partial charge in [-0.2, -0.15) is 0 Å². The summed E-state index contributed by atoms with van der Waals surface area (Å²) in [5.41, 5.74) is 0.823. The molecule has 21 heavy (non-hydrogen) atoms. The third-order valence-electron chi connectivity index (χ3n) is 4.29. The Morgan fingerprint density at radius 3 is 2.81 bits per heavy atom. The van der Waals surface area contributed by atoms with Gasteiger partial charge in [-0.05, 0) is 32.8 Å². The predicted molar refractivity (Wildman–Crippen MR) is 82.8 cm³/mol. The van der Waals surface area contributed by atoms with Gasteiger partial charge in [0.1, 0.15) is 0 Å². The molecule has 2 fully saturated rings. The molecule has 2 aliphatic rings. The molecule has 0 spiro atoms. The fourth-order valence-electron chi connectivity index (χ4n) is 3.24. The molecule has 2 saturated heterocycles. The van der Waals surface area contributed by atoms with Gasteiger partial charge >= 0.3 is 6.03 Å². The number of aryl methyl sites for hydroxylation is 2. The van der Waals surface area contributed by atoms with E-state index in [4.69, 9.17) is 0 Å². The Morgan fingerprint density at radius 1 is 1.38 bits per heavy atom. The Morgan fingerprint density at radius 2 is 2.19 bits per heavy atom. The van der Waals surface area contributed by atoms with Crippen LogP contribution in [0.1, 0.15) is 33.0 Å². The smallest absolute Gasteiger partial charge is 0.317 e. The van der Waals surface area contributed by atoms with E-state index in [1.807, 2.05) is 29.7 Å². The lowest BCUT2D eigenvalue weighted by molar-refractivity contribution is 0.0634. The lowest BCUT2D eigenvalue weighted by atomic mass is 10.0. The molecule has 1 aromatic rings. The largest absolute Gasteiger partial charge is 0.337 e. The first kappa shape index (κ1) is 14.4. The number of carbonyl (C=O) groups excluding carboxylic acids is 2. The van der Waals surface area contributed by atoms with Gasteiger partial charge in [-0.25, -0.2) is 4.79 Å². The van der Waals surface area contributed by atoms with Crippen LogP contribution in [0.5, 0.6) is 0 Å². The third-order valence-corrected chi connectivity index (χ3v) is 5.25. The first-order valence-electron chi connectivity index (χ1n) is 7.47. The van der Waals surface area contributed by atoms with Gasteiger partial charge in [0.15, 0.2) is 0 Å². The lowest BCUT2D eigenvalue weighted by Crippen LogP contribution is -2.50. The highest BCUT2D eigenvalue weighted by molar-refractivity contribution is 7.12. The van der Waals surface area contributed by atoms with Crippen molar-refractivity contribution in [3.63, 3.8) is 0 Å². The van der Waals surface area contributed by atoms with Crippen LogP contribution in [-0.2, 0) is 0 Å². The van der Waals surface area contributed by atoms with E-state index in [0.717, 1.165) is 36.4 Å². The molecule has 0 aromatic carbocycles. The molecule has 1 atom stereocenters. The Labute approximate surface area is 128 Å². The molecule has 1 aromatic heterocycles. The summed E-state index contributed by atoms with van der Waals surface area (Å²) in [6.45, 7) is 6.94. The first-order chi connectivity index (χ1) is 10.1. The van der Waals surface area contributed by atoms with E-state index in [1.165, 1.54) is 4.88 Å². The summed E-state index contributed by atoms with van der Waals surface area (Å²) in [7, 11) is 0. The highest BCUT2D eigenvalue weighted by Gasteiger charge is 2.33. The average molecular weight is 307 g/mol. The number of amides is 3. The van der Waals surface area contributed by atoms with Gasteiger partial charge in [0.25, 0.3) is 5.91 Å². The van der Waals surface area contributed by atoms with Crippen LogP contribution in [0.4, 0.5) is 4.79 Å². The van der Waals surface area contributed by atoms with Crippen LogP contribution < -0.4 is 5.32 Å². The molecule has 0 saturated carbocycles. The van der Waals surface area contributed by atoms with Gasteiger partial charge in [0, 0.05) is 35.9 Å². The molecule has 0 unspecified atom stereocenters. The summed E-state index contributed by atoms with van der Waals surface area (Å²) in [6, 6.07) is 2.15. The number of hydrogen-bond acceptors (Lipinski definition) is 3. The van der Waals surface area contributed by atoms with Gasteiger partial charge in [-0.1, -0.05) is 0 Å². The van der Waals surface area contributed by atoms with Crippen LogP contribution in [0.3, 0.4) is 0 Å². The maximum Gasteiger partial charge on any atom is 0.317 e. The fraction of sp³-hybridized carbons (Fsp3) is 0.600. The predicted octanol–water partition coefficient (Wildman–Crippen LogP) is 1.99. The molecular weight excluding hydrogens is 286 g/mol. The molecule has 5 nitrogen and oxygen atoms in total. The van der Waals surface area contributed by atoms with Crippen molar-refractivity contribution in [1.29, 1.82) is 0 Å². The summed E-state index contributed by atoms with van der Waals surface area (Å²) >= 11 is 1.67. The van der Waals surface area contributed by atoms with Crippen molar-refractivity contribution in [3.05, 3.63) is 21.4 Å². The third kappa shape index (κ3) is 2.77. The number of nitrogens with zero attached hydrogens (tertiary/aromatic N) is 2. The number of nitrogens with one attached hydrogen (secondary N) is 1. The highest BCUT2D eigenvalue weighted by atomic mass is 32.1. The summed E-state index contributed by atoms with van der Waals surface area (Å²) in [5.74, 6) is 0.112. The molecule has 6 heteroatoms. The second-order valence-corrected chi connectivity index (χ2v) is 7.26. The van der Waals surface area contributed by atoms with E-state index in [2.05, 4.69) is 5.32 Å². The molecule has 0 bridgehead atoms. The summed E-state index contributed by atoms with van der Waals surface area (Å²) in [6.07, 6.45) is 1.95. The second-order valence-electron chi connectivity index (χ2n) is 5.80. The molecule has 2 aliphatic heterocycles. The number of piperidine rings is 1. The number of carbonyl (C=O) groups is 2. The van der Waals surface area contributed by atoms with Crippen molar-refractivity contribution >= 4 is 23.3 Å². The number of urea groups is 1. The van der Waals surface area contributed by atoms with E-state index in [9.17, 15) is 9.59 Å². The van der Waals surface area contributed by atoms with Crippen LogP contribution in [0.15, 0.2) is 6.07 Å². The second kappa shape index (κ2) is 5.67. The van der Waals surface area contributed by atoms with E-state index in [0.29, 0.717) is 13.1 Å². The quantitative estimate of drug-likeness (QED) is 0.908. The van der Waals surface area contributed by atoms with Crippen molar-refractivity contribution in [2.75, 3.05) is 26.2 Å². The van der Waals surface area contributed by atoms with E-state index in [-0.39, 0.29) is 18.0 Å². The van der Waals surface area contributed by atoms with E-state index < -0.39 is 0 Å². The van der Waals surface area contributed by atoms with Gasteiger partial charge in [0.2, 0.25) is 0 Å². The average Bonchev–Trinajstić information content (AvgIpc) is 3.03. The zero-order valence-electron chi connectivity index (χ0n) is 12.5. The molecular formula is C15H21N3O2S. The van der Waals surface area contributed by atoms with Gasteiger partial charge in [0.05, 0.1) is 11.6 Å². The number of likely N-dealkylation sites (tertiary alicyclic amines) is 1. The van der Waals surface area contributed by atoms with E-state index in [1.54, 1.807) is 11.3 Å². The fourth-order valence-corrected chi connectivity index (χ4v) is 4.16. The standard InChI is InChI=1S/C15H21N3O2S/c1-10-8-13(11(2)21-10)14(19)17-6-3-4-12(9-17)18-7-5-16-15(18)20/h8,12H,3-7,9H2,1-2H3,(H,16,20)/t12-/m1/s1. The number of hydrogen-bond donors (Lipinski definition) is 1. The minimum atomic E-state index is 0.0110. The SMILES string of the molecule is Cc1cc(C(=O)N2CCC[C@@H](N3CCNC3=O)C2)c(C)s1. The van der Waals surface area contributed by atoms with Crippen molar-refractivity contribution in [2.45, 2.75) is 32.7 Å². The maximum absolute atomic E-state index is 12.7. The molecule has 114 valence electrons. The van der Waals surface area contributed by atoms with Crippen molar-refractivity contribution in [3.8, 4) is 0 Å².